The third-order valence-electron chi connectivity index (χ3n) is 3.31. The second-order valence-electron chi connectivity index (χ2n) is 3.66. The van der Waals surface area contributed by atoms with E-state index < -0.39 is 0 Å². The van der Waals surface area contributed by atoms with Crippen molar-refractivity contribution < 1.29 is 0 Å². The first-order chi connectivity index (χ1) is 5.24. The molecular weight excluding hydrogens is 143 g/mol. The van der Waals surface area contributed by atoms with Gasteiger partial charge in [0.1, 0.15) is 0 Å². The molecule has 11 heavy (non-hydrogen) atoms. The summed E-state index contributed by atoms with van der Waals surface area (Å²) in [6.45, 7) is 7.01. The van der Waals surface area contributed by atoms with Crippen LogP contribution >= 0.6 is 0 Å². The van der Waals surface area contributed by atoms with Gasteiger partial charge in [-0.2, -0.15) is 0 Å². The summed E-state index contributed by atoms with van der Waals surface area (Å²) in [7, 11) is 0. The number of hydrogen-bond acceptors (Lipinski definition) is 0. The Bertz CT molecular complexity index is 76.6. The molecule has 0 aromatic rings. The van der Waals surface area contributed by atoms with E-state index in [2.05, 4.69) is 20.8 Å². The van der Waals surface area contributed by atoms with E-state index >= 15 is 0 Å². The third kappa shape index (κ3) is 3.96. The van der Waals surface area contributed by atoms with Crippen molar-refractivity contribution in [2.24, 2.45) is 5.41 Å². The average Bonchev–Trinajstić information content (AvgIpc) is 2.08. The molecule has 0 amide bonds. The molecule has 62 valence electrons. The molecule has 0 aromatic heterocycles. The number of hydrogen-bond donors (Lipinski definition) is 0. The number of unbranched alkanes of at least 4 members (excludes halogenated alkanes) is 1. The summed E-state index contributed by atoms with van der Waals surface area (Å²) in [6.07, 6.45) is 7.06. The van der Waals surface area contributed by atoms with Gasteiger partial charge in [-0.1, -0.05) is 0 Å². The Labute approximate surface area is 89.6 Å². The summed E-state index contributed by atoms with van der Waals surface area (Å²) >= 11 is 1.38. The minimum atomic E-state index is 0.738. The van der Waals surface area contributed by atoms with Crippen LogP contribution < -0.4 is 0 Å². The van der Waals surface area contributed by atoms with Crippen LogP contribution in [-0.4, -0.2) is 27.9 Å². The summed E-state index contributed by atoms with van der Waals surface area (Å²) < 4.78 is 1.50. The van der Waals surface area contributed by atoms with Crippen molar-refractivity contribution in [1.82, 2.24) is 0 Å². The van der Waals surface area contributed by atoms with E-state index in [1.165, 1.54) is 63.7 Å². The quantitative estimate of drug-likeness (QED) is 0.526. The van der Waals surface area contributed by atoms with E-state index in [4.69, 9.17) is 0 Å². The Hall–Kier alpha value is 1.00. The third-order valence-corrected chi connectivity index (χ3v) is 4.81. The van der Waals surface area contributed by atoms with Crippen LogP contribution in [0.2, 0.25) is 3.67 Å². The van der Waals surface area contributed by atoms with Crippen LogP contribution in [0.3, 0.4) is 0 Å². The molecule has 0 nitrogen and oxygen atoms in total. The van der Waals surface area contributed by atoms with Gasteiger partial charge in [0.15, 0.2) is 0 Å². The molecule has 0 rings (SSSR count). The molecule has 0 unspecified atom stereocenters. The van der Waals surface area contributed by atoms with Gasteiger partial charge < -0.3 is 0 Å². The van der Waals surface area contributed by atoms with Crippen LogP contribution in [0.5, 0.6) is 0 Å². The van der Waals surface area contributed by atoms with Crippen LogP contribution in [0.15, 0.2) is 0 Å². The van der Waals surface area contributed by atoms with Gasteiger partial charge in [0.25, 0.3) is 0 Å². The van der Waals surface area contributed by atoms with Gasteiger partial charge in [-0.3, -0.25) is 0 Å². The second-order valence-corrected chi connectivity index (χ2v) is 4.37. The molecule has 0 atom stereocenters. The molecule has 0 aliphatic carbocycles. The van der Waals surface area contributed by atoms with E-state index in [1.54, 1.807) is 0 Å². The summed E-state index contributed by atoms with van der Waals surface area (Å²) in [5, 5.41) is 0. The fourth-order valence-electron chi connectivity index (χ4n) is 1.83. The standard InChI is InChI=1S/C10H21.Na/c1-5-8-9-10(4,6-2)7-3;/h4-9H2,1-3H3;. The van der Waals surface area contributed by atoms with Crippen LogP contribution in [0.1, 0.15) is 52.9 Å². The van der Waals surface area contributed by atoms with E-state index in [0.29, 0.717) is 0 Å². The predicted octanol–water partition coefficient (Wildman–Crippen LogP) is 3.57. The zero-order chi connectivity index (χ0) is 8.74. The van der Waals surface area contributed by atoms with Gasteiger partial charge in [0.2, 0.25) is 0 Å². The Morgan fingerprint density at radius 3 is 1.91 bits per heavy atom. The molecule has 0 aromatic carbocycles. The minimum absolute atomic E-state index is 0.738. The maximum atomic E-state index is 2.36. The number of rotatable bonds is 6. The normalized spacial score (nSPS) is 12.1. The summed E-state index contributed by atoms with van der Waals surface area (Å²) in [4.78, 5) is 0. The Kier molecular flexibility index (Phi) is 7.10. The molecule has 1 heteroatoms. The first-order valence-electron chi connectivity index (χ1n) is 5.24. The molecular formula is C10H21Na. The van der Waals surface area contributed by atoms with Crippen molar-refractivity contribution in [3.05, 3.63) is 0 Å². The van der Waals surface area contributed by atoms with Crippen molar-refractivity contribution in [2.45, 2.75) is 56.5 Å². The van der Waals surface area contributed by atoms with E-state index in [1.807, 2.05) is 0 Å². The molecule has 0 fully saturated rings. The second kappa shape index (κ2) is 6.51. The van der Waals surface area contributed by atoms with Crippen molar-refractivity contribution in [3.8, 4) is 0 Å². The van der Waals surface area contributed by atoms with Gasteiger partial charge in [-0.25, -0.2) is 0 Å². The van der Waals surface area contributed by atoms with Crippen LogP contribution in [-0.2, 0) is 0 Å². The van der Waals surface area contributed by atoms with Gasteiger partial charge in [-0.15, -0.1) is 0 Å². The van der Waals surface area contributed by atoms with Crippen LogP contribution in [0.25, 0.3) is 0 Å². The van der Waals surface area contributed by atoms with E-state index in [0.717, 1.165) is 5.41 Å². The predicted molar refractivity (Wildman–Crippen MR) is 53.1 cm³/mol. The Morgan fingerprint density at radius 2 is 1.64 bits per heavy atom. The SMILES string of the molecule is CCCCC(CC)(CC)[CH2][Na]. The van der Waals surface area contributed by atoms with E-state index in [9.17, 15) is 0 Å². The molecule has 0 aliphatic rings. The zero-order valence-electron chi connectivity index (χ0n) is 8.74. The molecule has 0 N–H and O–H groups in total. The molecule has 0 spiro atoms. The van der Waals surface area contributed by atoms with Gasteiger partial charge in [0, 0.05) is 0 Å². The molecule has 0 saturated heterocycles. The van der Waals surface area contributed by atoms with Crippen molar-refractivity contribution in [2.75, 3.05) is 0 Å². The van der Waals surface area contributed by atoms with Crippen LogP contribution in [0.4, 0.5) is 0 Å². The van der Waals surface area contributed by atoms with Crippen LogP contribution in [0, 0.1) is 5.41 Å². The Morgan fingerprint density at radius 1 is 1.09 bits per heavy atom. The zero-order valence-corrected chi connectivity index (χ0v) is 10.7. The molecule has 0 heterocycles. The molecule has 0 aliphatic heterocycles. The summed E-state index contributed by atoms with van der Waals surface area (Å²) in [6, 6.07) is 0. The van der Waals surface area contributed by atoms with Crippen molar-refractivity contribution >= 4 is 27.9 Å². The maximum absolute atomic E-state index is 2.36. The first kappa shape index (κ1) is 12.0. The van der Waals surface area contributed by atoms with E-state index in [-0.39, 0.29) is 0 Å². The van der Waals surface area contributed by atoms with Crippen molar-refractivity contribution in [1.29, 1.82) is 0 Å². The Balaban J connectivity index is 3.84. The van der Waals surface area contributed by atoms with Crippen molar-refractivity contribution in [3.63, 3.8) is 0 Å². The fraction of sp³-hybridized carbons (Fsp3) is 1.00. The fourth-order valence-corrected chi connectivity index (χ4v) is 3.19. The molecule has 0 bridgehead atoms. The summed E-state index contributed by atoms with van der Waals surface area (Å²) in [5.74, 6) is 0. The summed E-state index contributed by atoms with van der Waals surface area (Å²) in [5.41, 5.74) is 0.738. The van der Waals surface area contributed by atoms with Gasteiger partial charge in [0.05, 0.1) is 0 Å². The average molecular weight is 164 g/mol. The van der Waals surface area contributed by atoms with Gasteiger partial charge in [-0.05, 0) is 0 Å². The van der Waals surface area contributed by atoms with Gasteiger partial charge >= 0.3 is 89.9 Å². The topological polar surface area (TPSA) is 0 Å². The molecule has 0 saturated carbocycles. The first-order valence-corrected chi connectivity index (χ1v) is 6.66. The monoisotopic (exact) mass is 164 g/mol. The molecule has 0 radical (unpaired) electrons.